The molecule has 25 heavy (non-hydrogen) atoms. The molecule has 9 heteroatoms. The number of rotatable bonds is 5. The zero-order chi connectivity index (χ0) is 17.2. The summed E-state index contributed by atoms with van der Waals surface area (Å²) in [7, 11) is 2.18. The topological polar surface area (TPSA) is 81.9 Å². The van der Waals surface area contributed by atoms with Crippen molar-refractivity contribution in [3.8, 4) is 0 Å². The Labute approximate surface area is 146 Å². The maximum absolute atomic E-state index is 11.4. The van der Waals surface area contributed by atoms with Gasteiger partial charge in [-0.1, -0.05) is 0 Å². The Balaban J connectivity index is 1.24. The van der Waals surface area contributed by atoms with Gasteiger partial charge in [0.1, 0.15) is 12.1 Å². The first-order chi connectivity index (χ1) is 12.2. The molecule has 4 heterocycles. The number of aromatic nitrogens is 4. The largest absolute Gasteiger partial charge is 0.355 e. The fourth-order valence-corrected chi connectivity index (χ4v) is 3.33. The fraction of sp³-hybridized carbons (Fsp3) is 0.625. The molecule has 0 atom stereocenters. The van der Waals surface area contributed by atoms with E-state index in [0.717, 1.165) is 57.3 Å². The molecule has 0 bridgehead atoms. The summed E-state index contributed by atoms with van der Waals surface area (Å²) in [6, 6.07) is 4.49. The molecule has 2 aromatic rings. The van der Waals surface area contributed by atoms with Crippen LogP contribution in [0, 0.1) is 0 Å². The second-order valence-corrected chi connectivity index (χ2v) is 6.81. The molecule has 0 unspecified atom stereocenters. The van der Waals surface area contributed by atoms with Crippen molar-refractivity contribution >= 4 is 17.4 Å². The summed E-state index contributed by atoms with van der Waals surface area (Å²) >= 11 is 0. The number of amides is 1. The molecule has 2 aliphatic heterocycles. The minimum Gasteiger partial charge on any atom is -0.355 e. The smallest absolute Gasteiger partial charge is 0.221 e. The Kier molecular flexibility index (Phi) is 4.50. The van der Waals surface area contributed by atoms with Crippen LogP contribution in [-0.2, 0) is 4.79 Å². The number of hydrogen-bond donors (Lipinski definition) is 1. The molecule has 2 fully saturated rings. The first-order valence-electron chi connectivity index (χ1n) is 8.80. The SMILES string of the molecule is CN(CCN1CCNC(=O)CC1)C1CN(c2ccc3nncn3n2)C1. The molecular weight excluding hydrogens is 320 g/mol. The quantitative estimate of drug-likeness (QED) is 0.750. The van der Waals surface area contributed by atoms with Crippen molar-refractivity contribution in [3.63, 3.8) is 0 Å². The van der Waals surface area contributed by atoms with Gasteiger partial charge in [-0.15, -0.1) is 15.3 Å². The maximum atomic E-state index is 11.4. The lowest BCUT2D eigenvalue weighted by Crippen LogP contribution is -2.59. The minimum absolute atomic E-state index is 0.169. The summed E-state index contributed by atoms with van der Waals surface area (Å²) in [5, 5.41) is 15.3. The highest BCUT2D eigenvalue weighted by atomic mass is 16.1. The van der Waals surface area contributed by atoms with Gasteiger partial charge >= 0.3 is 0 Å². The van der Waals surface area contributed by atoms with Gasteiger partial charge in [-0.05, 0) is 19.2 Å². The monoisotopic (exact) mass is 344 g/mol. The minimum atomic E-state index is 0.169. The number of fused-ring (bicyclic) bond motifs is 1. The summed E-state index contributed by atoms with van der Waals surface area (Å²) in [5.41, 5.74) is 0.767. The molecule has 0 saturated carbocycles. The lowest BCUT2D eigenvalue weighted by Gasteiger charge is -2.45. The number of nitrogens with one attached hydrogen (secondary N) is 1. The van der Waals surface area contributed by atoms with Crippen molar-refractivity contribution in [2.75, 3.05) is 57.8 Å². The summed E-state index contributed by atoms with van der Waals surface area (Å²) in [6.45, 7) is 6.56. The molecule has 134 valence electrons. The van der Waals surface area contributed by atoms with Crippen molar-refractivity contribution in [2.24, 2.45) is 0 Å². The van der Waals surface area contributed by atoms with E-state index in [4.69, 9.17) is 0 Å². The highest BCUT2D eigenvalue weighted by molar-refractivity contribution is 5.76. The third kappa shape index (κ3) is 3.57. The summed E-state index contributed by atoms with van der Waals surface area (Å²) in [4.78, 5) is 18.4. The van der Waals surface area contributed by atoms with E-state index in [0.29, 0.717) is 12.5 Å². The van der Waals surface area contributed by atoms with Crippen LogP contribution in [0.3, 0.4) is 0 Å². The lowest BCUT2D eigenvalue weighted by atomic mass is 10.1. The number of carbonyl (C=O) groups is 1. The number of anilines is 1. The third-order valence-corrected chi connectivity index (χ3v) is 5.13. The molecular formula is C16H24N8O. The van der Waals surface area contributed by atoms with Crippen LogP contribution in [0.25, 0.3) is 5.65 Å². The molecule has 0 aromatic carbocycles. The van der Waals surface area contributed by atoms with Crippen LogP contribution < -0.4 is 10.2 Å². The van der Waals surface area contributed by atoms with Gasteiger partial charge in [-0.2, -0.15) is 4.52 Å². The van der Waals surface area contributed by atoms with Crippen LogP contribution in [0.5, 0.6) is 0 Å². The summed E-state index contributed by atoms with van der Waals surface area (Å²) in [6.07, 6.45) is 2.24. The van der Waals surface area contributed by atoms with Gasteiger partial charge in [0.2, 0.25) is 5.91 Å². The van der Waals surface area contributed by atoms with Crippen molar-refractivity contribution in [2.45, 2.75) is 12.5 Å². The van der Waals surface area contributed by atoms with Crippen LogP contribution in [0.15, 0.2) is 18.5 Å². The van der Waals surface area contributed by atoms with Crippen LogP contribution in [0.2, 0.25) is 0 Å². The first kappa shape index (κ1) is 16.2. The van der Waals surface area contributed by atoms with E-state index in [-0.39, 0.29) is 5.91 Å². The Morgan fingerprint density at radius 2 is 2.20 bits per heavy atom. The van der Waals surface area contributed by atoms with Crippen LogP contribution in [-0.4, -0.2) is 94.4 Å². The Morgan fingerprint density at radius 3 is 3.08 bits per heavy atom. The standard InChI is InChI=1S/C16H24N8O/c1-21(8-9-22-6-4-16(25)17-5-7-22)13-10-23(11-13)15-3-2-14-19-18-12-24(14)20-15/h2-3,12-13H,4-11H2,1H3,(H,17,25). The lowest BCUT2D eigenvalue weighted by molar-refractivity contribution is -0.120. The summed E-state index contributed by atoms with van der Waals surface area (Å²) in [5.74, 6) is 1.14. The third-order valence-electron chi connectivity index (χ3n) is 5.13. The van der Waals surface area contributed by atoms with Gasteiger partial charge in [-0.3, -0.25) is 14.6 Å². The van der Waals surface area contributed by atoms with Crippen LogP contribution >= 0.6 is 0 Å². The molecule has 2 saturated heterocycles. The average molecular weight is 344 g/mol. The van der Waals surface area contributed by atoms with Gasteiger partial charge in [-0.25, -0.2) is 0 Å². The van der Waals surface area contributed by atoms with E-state index in [9.17, 15) is 4.79 Å². The zero-order valence-corrected chi connectivity index (χ0v) is 14.5. The molecule has 0 aliphatic carbocycles. The van der Waals surface area contributed by atoms with Gasteiger partial charge in [0.15, 0.2) is 5.65 Å². The van der Waals surface area contributed by atoms with Crippen molar-refractivity contribution < 1.29 is 4.79 Å². The van der Waals surface area contributed by atoms with Crippen molar-refractivity contribution in [3.05, 3.63) is 18.5 Å². The van der Waals surface area contributed by atoms with Crippen LogP contribution in [0.4, 0.5) is 5.82 Å². The molecule has 1 N–H and O–H groups in total. The highest BCUT2D eigenvalue weighted by Crippen LogP contribution is 2.21. The number of likely N-dealkylation sites (N-methyl/N-ethyl adjacent to an activating group) is 1. The van der Waals surface area contributed by atoms with Gasteiger partial charge in [0.05, 0.1) is 0 Å². The number of nitrogens with zero attached hydrogens (tertiary/aromatic N) is 7. The Hall–Kier alpha value is -2.26. The fourth-order valence-electron chi connectivity index (χ4n) is 3.33. The number of carbonyl (C=O) groups excluding carboxylic acids is 1. The van der Waals surface area contributed by atoms with E-state index >= 15 is 0 Å². The maximum Gasteiger partial charge on any atom is 0.221 e. The van der Waals surface area contributed by atoms with E-state index in [1.165, 1.54) is 0 Å². The summed E-state index contributed by atoms with van der Waals surface area (Å²) < 4.78 is 1.71. The molecule has 9 nitrogen and oxygen atoms in total. The molecule has 0 radical (unpaired) electrons. The highest BCUT2D eigenvalue weighted by Gasteiger charge is 2.31. The first-order valence-corrected chi connectivity index (χ1v) is 8.80. The number of hydrogen-bond acceptors (Lipinski definition) is 7. The molecule has 4 rings (SSSR count). The predicted octanol–water partition coefficient (Wildman–Crippen LogP) is -0.933. The van der Waals surface area contributed by atoms with Crippen LogP contribution in [0.1, 0.15) is 6.42 Å². The van der Waals surface area contributed by atoms with Gasteiger partial charge in [0.25, 0.3) is 0 Å². The van der Waals surface area contributed by atoms with Gasteiger partial charge in [0, 0.05) is 58.3 Å². The van der Waals surface area contributed by atoms with E-state index in [1.807, 2.05) is 12.1 Å². The molecule has 2 aromatic heterocycles. The normalized spacial score (nSPS) is 19.9. The molecule has 0 spiro atoms. The Bertz CT molecular complexity index is 741. The van der Waals surface area contributed by atoms with Gasteiger partial charge < -0.3 is 10.2 Å². The second kappa shape index (κ2) is 6.93. The second-order valence-electron chi connectivity index (χ2n) is 6.81. The van der Waals surface area contributed by atoms with Crippen molar-refractivity contribution in [1.82, 2.24) is 34.9 Å². The van der Waals surface area contributed by atoms with E-state index in [1.54, 1.807) is 10.8 Å². The predicted molar refractivity (Wildman–Crippen MR) is 93.5 cm³/mol. The molecule has 1 amide bonds. The van der Waals surface area contributed by atoms with E-state index < -0.39 is 0 Å². The van der Waals surface area contributed by atoms with Crippen molar-refractivity contribution in [1.29, 1.82) is 0 Å². The zero-order valence-electron chi connectivity index (χ0n) is 14.5. The van der Waals surface area contributed by atoms with E-state index in [2.05, 4.69) is 42.4 Å². The Morgan fingerprint density at radius 1 is 1.32 bits per heavy atom. The molecule has 2 aliphatic rings. The average Bonchev–Trinajstić information content (AvgIpc) is 2.93.